The summed E-state index contributed by atoms with van der Waals surface area (Å²) in [7, 11) is 0. The molecule has 0 aromatic heterocycles. The maximum absolute atomic E-state index is 13.3. The van der Waals surface area contributed by atoms with Crippen molar-refractivity contribution in [2.24, 2.45) is 5.92 Å². The average molecular weight is 466 g/mol. The molecule has 2 aliphatic rings. The van der Waals surface area contributed by atoms with Crippen LogP contribution in [-0.2, 0) is 24.5 Å². The van der Waals surface area contributed by atoms with Gasteiger partial charge in [-0.3, -0.25) is 4.79 Å². The van der Waals surface area contributed by atoms with Gasteiger partial charge in [0.05, 0.1) is 5.41 Å². The van der Waals surface area contributed by atoms with Crippen LogP contribution in [0.2, 0.25) is 0 Å². The van der Waals surface area contributed by atoms with Gasteiger partial charge in [0.25, 0.3) is 0 Å². The molecule has 1 aliphatic heterocycles. The molecule has 1 heterocycles. The Kier molecular flexibility index (Phi) is 7.58. The van der Waals surface area contributed by atoms with Gasteiger partial charge in [-0.25, -0.2) is 9.59 Å². The highest BCUT2D eigenvalue weighted by molar-refractivity contribution is 5.92. The highest BCUT2D eigenvalue weighted by Crippen LogP contribution is 2.55. The van der Waals surface area contributed by atoms with Crippen LogP contribution in [0, 0.1) is 5.92 Å². The van der Waals surface area contributed by atoms with Crippen LogP contribution in [0.5, 0.6) is 0 Å². The number of benzene rings is 1. The van der Waals surface area contributed by atoms with Gasteiger partial charge in [-0.05, 0) is 31.7 Å². The number of aliphatic hydroxyl groups excluding tert-OH is 3. The number of carbonyl (C=O) groups is 3. The molecule has 1 aromatic carbocycles. The summed E-state index contributed by atoms with van der Waals surface area (Å²) in [6, 6.07) is 9.32. The number of alkyl carbamates (subject to hydrolysis) is 1. The first kappa shape index (κ1) is 24.9. The predicted molar refractivity (Wildman–Crippen MR) is 113 cm³/mol. The Labute approximate surface area is 190 Å². The Morgan fingerprint density at radius 1 is 1.09 bits per heavy atom. The molecule has 2 unspecified atom stereocenters. The lowest BCUT2D eigenvalue weighted by Gasteiger charge is -2.37. The lowest BCUT2D eigenvalue weighted by molar-refractivity contribution is -0.278. The second-order valence-corrected chi connectivity index (χ2v) is 8.24. The standard InChI is InChI=1S/C22H30N2O9/c1-3-24(4-2)20(30)22(12-8-6-5-7-9-12)10-13(22)11-23-21(31)33-19-16(27)14(25)15(26)17(32-19)18(28)29/h5-9,13-17,19,25-27H,3-4,10-11H2,1-2H3,(H,23,31)(H,28,29)/t13?,14-,15-,16+,17-,19-,22?/m0/s1. The van der Waals surface area contributed by atoms with Crippen LogP contribution >= 0.6 is 0 Å². The van der Waals surface area contributed by atoms with Gasteiger partial charge in [0.1, 0.15) is 18.3 Å². The van der Waals surface area contributed by atoms with E-state index in [4.69, 9.17) is 14.6 Å². The van der Waals surface area contributed by atoms with E-state index in [0.717, 1.165) is 5.56 Å². The van der Waals surface area contributed by atoms with Crippen molar-refractivity contribution >= 4 is 18.0 Å². The number of hydrogen-bond acceptors (Lipinski definition) is 8. The molecule has 182 valence electrons. The second kappa shape index (κ2) is 10.0. The number of carboxylic acids is 1. The maximum Gasteiger partial charge on any atom is 0.409 e. The molecule has 1 aromatic rings. The zero-order valence-corrected chi connectivity index (χ0v) is 18.5. The summed E-state index contributed by atoms with van der Waals surface area (Å²) in [5, 5.41) is 41.1. The Bertz CT molecular complexity index is 863. The van der Waals surface area contributed by atoms with Gasteiger partial charge in [0.15, 0.2) is 6.10 Å². The highest BCUT2D eigenvalue weighted by atomic mass is 16.7. The van der Waals surface area contributed by atoms with Crippen LogP contribution in [0.3, 0.4) is 0 Å². The van der Waals surface area contributed by atoms with Crippen LogP contribution in [0.15, 0.2) is 30.3 Å². The van der Waals surface area contributed by atoms with Crippen LogP contribution in [-0.4, -0.2) is 93.6 Å². The van der Waals surface area contributed by atoms with Gasteiger partial charge < -0.3 is 40.1 Å². The van der Waals surface area contributed by atoms with Gasteiger partial charge in [0, 0.05) is 19.6 Å². The number of carboxylic acid groups (broad SMARTS) is 1. The summed E-state index contributed by atoms with van der Waals surface area (Å²) in [5.41, 5.74) is 0.0883. The zero-order valence-electron chi connectivity index (χ0n) is 18.5. The van der Waals surface area contributed by atoms with E-state index in [-0.39, 0.29) is 18.4 Å². The van der Waals surface area contributed by atoms with E-state index < -0.39 is 48.2 Å². The third-order valence-corrected chi connectivity index (χ3v) is 6.36. The molecule has 2 amide bonds. The quantitative estimate of drug-likeness (QED) is 0.337. The summed E-state index contributed by atoms with van der Waals surface area (Å²) < 4.78 is 9.89. The van der Waals surface area contributed by atoms with E-state index in [1.165, 1.54) is 0 Å². The normalized spacial score (nSPS) is 33.1. The van der Waals surface area contributed by atoms with Crippen molar-refractivity contribution in [3.8, 4) is 0 Å². The SMILES string of the molecule is CCN(CC)C(=O)C1(c2ccccc2)CC1CNC(=O)O[C@@H]1O[C@H](C(=O)O)[C@@H](O)[C@H](O)[C@H]1O. The average Bonchev–Trinajstić information content (AvgIpc) is 3.54. The fourth-order valence-corrected chi connectivity index (χ4v) is 4.35. The van der Waals surface area contributed by atoms with E-state index in [9.17, 15) is 29.7 Å². The van der Waals surface area contributed by atoms with Crippen molar-refractivity contribution in [2.75, 3.05) is 19.6 Å². The fraction of sp³-hybridized carbons (Fsp3) is 0.591. The molecule has 0 spiro atoms. The van der Waals surface area contributed by atoms with E-state index in [2.05, 4.69) is 5.32 Å². The zero-order chi connectivity index (χ0) is 24.3. The highest BCUT2D eigenvalue weighted by Gasteiger charge is 2.61. The van der Waals surface area contributed by atoms with Gasteiger partial charge in [0.2, 0.25) is 12.2 Å². The minimum atomic E-state index is -1.88. The molecule has 1 aliphatic carbocycles. The van der Waals surface area contributed by atoms with Crippen molar-refractivity contribution in [3.05, 3.63) is 35.9 Å². The van der Waals surface area contributed by atoms with E-state index >= 15 is 0 Å². The Balaban J connectivity index is 1.65. The first-order valence-corrected chi connectivity index (χ1v) is 10.9. The fourth-order valence-electron chi connectivity index (χ4n) is 4.35. The topological polar surface area (TPSA) is 166 Å². The van der Waals surface area contributed by atoms with Crippen molar-refractivity contribution in [2.45, 2.75) is 56.4 Å². The van der Waals surface area contributed by atoms with Gasteiger partial charge in [-0.1, -0.05) is 30.3 Å². The summed E-state index contributed by atoms with van der Waals surface area (Å²) in [6.45, 7) is 5.01. The maximum atomic E-state index is 13.3. The van der Waals surface area contributed by atoms with E-state index in [0.29, 0.717) is 19.5 Å². The first-order chi connectivity index (χ1) is 15.7. The molecule has 11 nitrogen and oxygen atoms in total. The number of hydrogen-bond donors (Lipinski definition) is 5. The molecule has 2 fully saturated rings. The third kappa shape index (κ3) is 4.81. The molecule has 1 saturated heterocycles. The third-order valence-electron chi connectivity index (χ3n) is 6.36. The van der Waals surface area contributed by atoms with Crippen molar-refractivity contribution in [1.29, 1.82) is 0 Å². The van der Waals surface area contributed by atoms with E-state index in [1.54, 1.807) is 4.90 Å². The molecule has 0 bridgehead atoms. The molecule has 11 heteroatoms. The lowest BCUT2D eigenvalue weighted by atomic mass is 9.91. The van der Waals surface area contributed by atoms with Crippen LogP contribution in [0.4, 0.5) is 4.79 Å². The molecular weight excluding hydrogens is 436 g/mol. The summed E-state index contributed by atoms with van der Waals surface area (Å²) in [6.07, 6.45) is -9.75. The Hall–Kier alpha value is -2.73. The minimum Gasteiger partial charge on any atom is -0.479 e. The molecule has 3 rings (SSSR count). The molecule has 5 N–H and O–H groups in total. The van der Waals surface area contributed by atoms with Crippen molar-refractivity contribution < 1.29 is 44.3 Å². The van der Waals surface area contributed by atoms with Crippen molar-refractivity contribution in [3.63, 3.8) is 0 Å². The number of likely N-dealkylation sites (N-methyl/N-ethyl adjacent to an activating group) is 1. The lowest BCUT2D eigenvalue weighted by Crippen LogP contribution is -2.61. The molecular formula is C22H30N2O9. The first-order valence-electron chi connectivity index (χ1n) is 10.9. The number of aliphatic carboxylic acids is 1. The number of aliphatic hydroxyl groups is 3. The summed E-state index contributed by atoms with van der Waals surface area (Å²) in [5.74, 6) is -1.80. The smallest absolute Gasteiger partial charge is 0.409 e. The number of ether oxygens (including phenoxy) is 2. The number of carbonyl (C=O) groups excluding carboxylic acids is 2. The summed E-state index contributed by atoms with van der Waals surface area (Å²) >= 11 is 0. The monoisotopic (exact) mass is 466 g/mol. The Morgan fingerprint density at radius 3 is 2.30 bits per heavy atom. The van der Waals surface area contributed by atoms with Crippen LogP contribution in [0.25, 0.3) is 0 Å². The van der Waals surface area contributed by atoms with Gasteiger partial charge >= 0.3 is 12.1 Å². The van der Waals surface area contributed by atoms with Gasteiger partial charge in [-0.2, -0.15) is 0 Å². The summed E-state index contributed by atoms with van der Waals surface area (Å²) in [4.78, 5) is 38.5. The molecule has 0 radical (unpaired) electrons. The van der Waals surface area contributed by atoms with Crippen LogP contribution in [0.1, 0.15) is 25.8 Å². The molecule has 7 atom stereocenters. The number of nitrogens with zero attached hydrogens (tertiary/aromatic N) is 1. The number of amides is 2. The number of rotatable bonds is 8. The molecule has 33 heavy (non-hydrogen) atoms. The number of nitrogens with one attached hydrogen (secondary N) is 1. The second-order valence-electron chi connectivity index (χ2n) is 8.24. The molecule has 1 saturated carbocycles. The van der Waals surface area contributed by atoms with Crippen molar-refractivity contribution in [1.82, 2.24) is 10.2 Å². The van der Waals surface area contributed by atoms with E-state index in [1.807, 2.05) is 44.2 Å². The Morgan fingerprint density at radius 2 is 1.73 bits per heavy atom. The predicted octanol–water partition coefficient (Wildman–Crippen LogP) is -0.569. The van der Waals surface area contributed by atoms with Crippen LogP contribution < -0.4 is 5.32 Å². The minimum absolute atomic E-state index is 0.0219. The van der Waals surface area contributed by atoms with Gasteiger partial charge in [-0.15, -0.1) is 0 Å². The largest absolute Gasteiger partial charge is 0.479 e.